The Balaban J connectivity index is 1.57. The minimum Gasteiger partial charge on any atom is -0.437 e. The molecule has 0 bridgehead atoms. The molecule has 1 aromatic carbocycles. The van der Waals surface area contributed by atoms with E-state index >= 15 is 0 Å². The van der Waals surface area contributed by atoms with Gasteiger partial charge in [0, 0.05) is 10.9 Å². The van der Waals surface area contributed by atoms with E-state index < -0.39 is 11.7 Å². The number of aromatic amines is 1. The second-order valence-corrected chi connectivity index (χ2v) is 6.31. The van der Waals surface area contributed by atoms with Gasteiger partial charge in [-0.2, -0.15) is 0 Å². The molecule has 2 aliphatic heterocycles. The fraction of sp³-hybridized carbons (Fsp3) is 0.375. The molecule has 2 fully saturated rings. The maximum absolute atomic E-state index is 12.5. The highest BCUT2D eigenvalue weighted by atomic mass is 16.6. The quantitative estimate of drug-likeness (QED) is 0.842. The molecule has 0 atom stereocenters. The lowest BCUT2D eigenvalue weighted by Gasteiger charge is -2.45. The van der Waals surface area contributed by atoms with Crippen LogP contribution >= 0.6 is 0 Å². The van der Waals surface area contributed by atoms with E-state index in [0.29, 0.717) is 25.3 Å². The second kappa shape index (κ2) is 4.25. The Morgan fingerprint density at radius 1 is 1.27 bits per heavy atom. The number of aromatic nitrogens is 1. The number of hydrogen-bond donors (Lipinski definition) is 2. The summed E-state index contributed by atoms with van der Waals surface area (Å²) in [5, 5.41) is 3.71. The van der Waals surface area contributed by atoms with Gasteiger partial charge in [-0.25, -0.2) is 4.79 Å². The molecule has 2 aliphatic rings. The van der Waals surface area contributed by atoms with Crippen molar-refractivity contribution in [3.8, 4) is 0 Å². The summed E-state index contributed by atoms with van der Waals surface area (Å²) in [7, 11) is 0. The highest BCUT2D eigenvalue weighted by molar-refractivity contribution is 5.99. The highest BCUT2D eigenvalue weighted by Crippen LogP contribution is 2.30. The molecule has 0 unspecified atom stereocenters. The van der Waals surface area contributed by atoms with Crippen LogP contribution in [0.1, 0.15) is 21.6 Å². The van der Waals surface area contributed by atoms with Gasteiger partial charge in [-0.3, -0.25) is 4.79 Å². The fourth-order valence-corrected chi connectivity index (χ4v) is 3.36. The average Bonchev–Trinajstić information content (AvgIpc) is 3.00. The van der Waals surface area contributed by atoms with E-state index in [-0.39, 0.29) is 5.91 Å². The largest absolute Gasteiger partial charge is 0.437 e. The Morgan fingerprint density at radius 2 is 2.05 bits per heavy atom. The zero-order valence-corrected chi connectivity index (χ0v) is 12.5. The number of rotatable bonds is 1. The van der Waals surface area contributed by atoms with Crippen LogP contribution in [0.3, 0.4) is 0 Å². The summed E-state index contributed by atoms with van der Waals surface area (Å²) in [5.74, 6) is -0.0539. The SMILES string of the molecule is Cc1cc(C)c2cc(C(=O)N3CC4(CNC(=O)O4)C3)[nH]c2c1. The van der Waals surface area contributed by atoms with Crippen molar-refractivity contribution in [2.75, 3.05) is 19.6 Å². The summed E-state index contributed by atoms with van der Waals surface area (Å²) in [5.41, 5.74) is 3.35. The van der Waals surface area contributed by atoms with Crippen molar-refractivity contribution in [2.45, 2.75) is 19.4 Å². The minimum atomic E-state index is -0.523. The van der Waals surface area contributed by atoms with Gasteiger partial charge in [0.15, 0.2) is 5.60 Å². The van der Waals surface area contributed by atoms with Crippen LogP contribution in [0.5, 0.6) is 0 Å². The average molecular weight is 299 g/mol. The van der Waals surface area contributed by atoms with Gasteiger partial charge in [0.1, 0.15) is 5.69 Å². The predicted octanol–water partition coefficient (Wildman–Crippen LogP) is 1.72. The first-order chi connectivity index (χ1) is 10.5. The van der Waals surface area contributed by atoms with E-state index in [1.54, 1.807) is 4.90 Å². The number of H-pyrrole nitrogens is 1. The number of carbonyl (C=O) groups excluding carboxylic acids is 2. The van der Waals surface area contributed by atoms with Gasteiger partial charge in [-0.05, 0) is 37.1 Å². The molecule has 114 valence electrons. The Hall–Kier alpha value is -2.50. The standard InChI is InChI=1S/C16H17N3O3/c1-9-3-10(2)11-5-13(18-12(11)4-9)14(20)19-7-16(8-19)6-17-15(21)22-16/h3-5,18H,6-8H2,1-2H3,(H,17,21). The van der Waals surface area contributed by atoms with Crippen LogP contribution in [0.25, 0.3) is 10.9 Å². The summed E-state index contributed by atoms with van der Waals surface area (Å²) in [4.78, 5) is 28.6. The normalized spacial score (nSPS) is 19.2. The Labute approximate surface area is 127 Å². The molecular formula is C16H17N3O3. The third-order valence-electron chi connectivity index (χ3n) is 4.43. The molecule has 6 heteroatoms. The molecule has 0 radical (unpaired) electrons. The predicted molar refractivity (Wildman–Crippen MR) is 80.9 cm³/mol. The number of benzene rings is 1. The number of aryl methyl sites for hydroxylation is 2. The highest BCUT2D eigenvalue weighted by Gasteiger charge is 2.52. The van der Waals surface area contributed by atoms with Gasteiger partial charge in [0.25, 0.3) is 5.91 Å². The van der Waals surface area contributed by atoms with Crippen molar-refractivity contribution in [2.24, 2.45) is 0 Å². The summed E-state index contributed by atoms with van der Waals surface area (Å²) in [6, 6.07) is 6.04. The van der Waals surface area contributed by atoms with Crippen molar-refractivity contribution < 1.29 is 14.3 Å². The molecule has 0 saturated carbocycles. The molecule has 4 rings (SSSR count). The van der Waals surface area contributed by atoms with E-state index in [2.05, 4.69) is 16.4 Å². The van der Waals surface area contributed by atoms with Gasteiger partial charge < -0.3 is 19.9 Å². The molecule has 3 heterocycles. The number of amides is 2. The maximum Gasteiger partial charge on any atom is 0.408 e. The Kier molecular flexibility index (Phi) is 2.55. The van der Waals surface area contributed by atoms with Crippen LogP contribution in [0.4, 0.5) is 4.79 Å². The van der Waals surface area contributed by atoms with Gasteiger partial charge in [-0.15, -0.1) is 0 Å². The number of likely N-dealkylation sites (tertiary alicyclic amines) is 1. The summed E-state index contributed by atoms with van der Waals surface area (Å²) in [6.07, 6.45) is -0.399. The summed E-state index contributed by atoms with van der Waals surface area (Å²) >= 11 is 0. The summed E-state index contributed by atoms with van der Waals surface area (Å²) < 4.78 is 5.24. The number of ether oxygens (including phenoxy) is 1. The van der Waals surface area contributed by atoms with E-state index in [4.69, 9.17) is 4.74 Å². The monoisotopic (exact) mass is 299 g/mol. The van der Waals surface area contributed by atoms with Crippen LogP contribution in [-0.4, -0.2) is 47.1 Å². The van der Waals surface area contributed by atoms with Crippen molar-refractivity contribution in [3.05, 3.63) is 35.0 Å². The number of carbonyl (C=O) groups is 2. The van der Waals surface area contributed by atoms with Gasteiger partial charge in [-0.1, -0.05) is 6.07 Å². The number of alkyl carbamates (subject to hydrolysis) is 1. The van der Waals surface area contributed by atoms with Gasteiger partial charge >= 0.3 is 6.09 Å². The minimum absolute atomic E-state index is 0.0539. The van der Waals surface area contributed by atoms with Crippen molar-refractivity contribution >= 4 is 22.9 Å². The second-order valence-electron chi connectivity index (χ2n) is 6.31. The first-order valence-electron chi connectivity index (χ1n) is 7.32. The van der Waals surface area contributed by atoms with Gasteiger partial charge in [0.05, 0.1) is 19.6 Å². The number of nitrogens with zero attached hydrogens (tertiary/aromatic N) is 1. The lowest BCUT2D eigenvalue weighted by molar-refractivity contribution is -0.0577. The lowest BCUT2D eigenvalue weighted by atomic mass is 9.94. The number of fused-ring (bicyclic) bond motifs is 1. The first-order valence-corrected chi connectivity index (χ1v) is 7.32. The first kappa shape index (κ1) is 13.2. The van der Waals surface area contributed by atoms with E-state index in [9.17, 15) is 9.59 Å². The molecule has 2 aromatic rings. The summed E-state index contributed by atoms with van der Waals surface area (Å²) in [6.45, 7) is 5.44. The number of hydrogen-bond acceptors (Lipinski definition) is 3. The van der Waals surface area contributed by atoms with Gasteiger partial charge in [0.2, 0.25) is 0 Å². The van der Waals surface area contributed by atoms with Crippen LogP contribution in [-0.2, 0) is 4.74 Å². The van der Waals surface area contributed by atoms with E-state index in [1.165, 1.54) is 0 Å². The zero-order chi connectivity index (χ0) is 15.5. The van der Waals surface area contributed by atoms with E-state index in [1.807, 2.05) is 26.0 Å². The molecular weight excluding hydrogens is 282 g/mol. The molecule has 2 amide bonds. The molecule has 2 saturated heterocycles. The molecule has 22 heavy (non-hydrogen) atoms. The van der Waals surface area contributed by atoms with Crippen molar-refractivity contribution in [1.82, 2.24) is 15.2 Å². The zero-order valence-electron chi connectivity index (χ0n) is 12.5. The topological polar surface area (TPSA) is 74.4 Å². The lowest BCUT2D eigenvalue weighted by Crippen LogP contribution is -2.65. The van der Waals surface area contributed by atoms with Crippen molar-refractivity contribution in [1.29, 1.82) is 0 Å². The van der Waals surface area contributed by atoms with Crippen molar-refractivity contribution in [3.63, 3.8) is 0 Å². The third kappa shape index (κ3) is 1.87. The smallest absolute Gasteiger partial charge is 0.408 e. The maximum atomic E-state index is 12.5. The molecule has 1 spiro atoms. The third-order valence-corrected chi connectivity index (χ3v) is 4.43. The molecule has 2 N–H and O–H groups in total. The Morgan fingerprint density at radius 3 is 2.73 bits per heavy atom. The van der Waals surface area contributed by atoms with Crippen LogP contribution < -0.4 is 5.32 Å². The van der Waals surface area contributed by atoms with Crippen LogP contribution in [0, 0.1) is 13.8 Å². The van der Waals surface area contributed by atoms with Crippen LogP contribution in [0.15, 0.2) is 18.2 Å². The molecule has 0 aliphatic carbocycles. The number of nitrogens with one attached hydrogen (secondary N) is 2. The van der Waals surface area contributed by atoms with Crippen LogP contribution in [0.2, 0.25) is 0 Å². The molecule has 6 nitrogen and oxygen atoms in total. The Bertz CT molecular complexity index is 802. The fourth-order valence-electron chi connectivity index (χ4n) is 3.36. The van der Waals surface area contributed by atoms with E-state index in [0.717, 1.165) is 22.0 Å². The molecule has 1 aromatic heterocycles.